The van der Waals surface area contributed by atoms with Crippen molar-refractivity contribution in [3.63, 3.8) is 0 Å². The summed E-state index contributed by atoms with van der Waals surface area (Å²) in [7, 11) is 1.80. The number of rotatable bonds is 6. The van der Waals surface area contributed by atoms with E-state index in [1.54, 1.807) is 24.3 Å². The van der Waals surface area contributed by atoms with Crippen LogP contribution < -0.4 is 5.32 Å². The molecular weight excluding hydrogens is 264 g/mol. The number of amides is 1. The largest absolute Gasteiger partial charge is 0.385 e. The Bertz CT molecular complexity index is 592. The monoisotopic (exact) mass is 286 g/mol. The van der Waals surface area contributed by atoms with E-state index in [0.717, 1.165) is 35.3 Å². The van der Waals surface area contributed by atoms with Crippen LogP contribution in [0.4, 0.5) is 5.69 Å². The van der Waals surface area contributed by atoms with Crippen molar-refractivity contribution in [2.75, 3.05) is 18.9 Å². The zero-order chi connectivity index (χ0) is 15.2. The molecule has 21 heavy (non-hydrogen) atoms. The number of nitrogens with one attached hydrogen (secondary N) is 2. The summed E-state index contributed by atoms with van der Waals surface area (Å²) >= 11 is 0. The summed E-state index contributed by atoms with van der Waals surface area (Å²) in [4.78, 5) is 14.2. The van der Waals surface area contributed by atoms with Crippen LogP contribution in [0, 0.1) is 6.92 Å². The van der Waals surface area contributed by atoms with Gasteiger partial charge in [-0.3, -0.25) is 9.89 Å². The van der Waals surface area contributed by atoms with E-state index in [2.05, 4.69) is 22.4 Å². The number of aromatic amines is 1. The molecule has 0 saturated heterocycles. The fraction of sp³-hybridized carbons (Fsp3) is 0.375. The highest BCUT2D eigenvalue weighted by Crippen LogP contribution is 2.17. The number of carbonyl (C=O) groups is 1. The van der Waals surface area contributed by atoms with Gasteiger partial charge in [0, 0.05) is 43.1 Å². The second-order valence-corrected chi connectivity index (χ2v) is 5.22. The highest BCUT2D eigenvalue weighted by molar-refractivity contribution is 5.95. The summed E-state index contributed by atoms with van der Waals surface area (Å²) in [6, 6.07) is 5.87. The van der Waals surface area contributed by atoms with Gasteiger partial charge in [-0.2, -0.15) is 5.10 Å². The number of carbonyl (C=O) groups excluding carboxylic acids is 1. The van der Waals surface area contributed by atoms with Crippen LogP contribution in [0.3, 0.4) is 0 Å². The van der Waals surface area contributed by atoms with Gasteiger partial charge in [0.2, 0.25) is 0 Å². The number of aryl methyl sites for hydroxylation is 1. The topological polar surface area (TPSA) is 61.0 Å². The number of anilines is 1. The molecule has 0 fully saturated rings. The SMILES string of the molecule is CCCNc1ccc(C(=O)N(C)Cc2cn[nH]c2)c(C)c1. The maximum atomic E-state index is 12.5. The number of hydrogen-bond acceptors (Lipinski definition) is 3. The summed E-state index contributed by atoms with van der Waals surface area (Å²) in [6.45, 7) is 5.58. The quantitative estimate of drug-likeness (QED) is 0.858. The van der Waals surface area contributed by atoms with E-state index < -0.39 is 0 Å². The van der Waals surface area contributed by atoms with Gasteiger partial charge >= 0.3 is 0 Å². The van der Waals surface area contributed by atoms with Gasteiger partial charge in [-0.05, 0) is 37.1 Å². The second-order valence-electron chi connectivity index (χ2n) is 5.22. The third kappa shape index (κ3) is 3.84. The lowest BCUT2D eigenvalue weighted by atomic mass is 10.1. The van der Waals surface area contributed by atoms with Crippen molar-refractivity contribution in [3.05, 3.63) is 47.3 Å². The summed E-state index contributed by atoms with van der Waals surface area (Å²) in [5.41, 5.74) is 3.77. The lowest BCUT2D eigenvalue weighted by Gasteiger charge is -2.18. The van der Waals surface area contributed by atoms with Gasteiger partial charge in [0.15, 0.2) is 0 Å². The van der Waals surface area contributed by atoms with Crippen LogP contribution in [0.15, 0.2) is 30.6 Å². The Labute approximate surface area is 125 Å². The molecule has 1 aromatic carbocycles. The Morgan fingerprint density at radius 3 is 2.86 bits per heavy atom. The molecule has 2 N–H and O–H groups in total. The second kappa shape index (κ2) is 6.92. The lowest BCUT2D eigenvalue weighted by molar-refractivity contribution is 0.0784. The minimum Gasteiger partial charge on any atom is -0.385 e. The van der Waals surface area contributed by atoms with Gasteiger partial charge in [-0.1, -0.05) is 6.92 Å². The number of H-pyrrole nitrogens is 1. The molecule has 1 aromatic heterocycles. The molecule has 5 heteroatoms. The van der Waals surface area contributed by atoms with E-state index in [1.807, 2.05) is 25.1 Å². The molecule has 0 spiro atoms. The first kappa shape index (κ1) is 15.1. The van der Waals surface area contributed by atoms with Crippen molar-refractivity contribution in [1.29, 1.82) is 0 Å². The van der Waals surface area contributed by atoms with E-state index in [0.29, 0.717) is 6.54 Å². The number of aromatic nitrogens is 2. The number of benzene rings is 1. The molecule has 0 unspecified atom stereocenters. The maximum absolute atomic E-state index is 12.5. The fourth-order valence-electron chi connectivity index (χ4n) is 2.20. The van der Waals surface area contributed by atoms with Crippen LogP contribution in [0.1, 0.15) is 34.8 Å². The van der Waals surface area contributed by atoms with Crippen LogP contribution in [0.2, 0.25) is 0 Å². The molecule has 1 amide bonds. The molecule has 2 aromatic rings. The molecule has 0 aliphatic rings. The molecule has 0 radical (unpaired) electrons. The summed E-state index contributed by atoms with van der Waals surface area (Å²) in [5, 5.41) is 9.98. The van der Waals surface area contributed by atoms with E-state index in [-0.39, 0.29) is 5.91 Å². The van der Waals surface area contributed by atoms with E-state index in [4.69, 9.17) is 0 Å². The number of hydrogen-bond donors (Lipinski definition) is 2. The van der Waals surface area contributed by atoms with Crippen molar-refractivity contribution in [2.24, 2.45) is 0 Å². The highest BCUT2D eigenvalue weighted by Gasteiger charge is 2.15. The maximum Gasteiger partial charge on any atom is 0.254 e. The molecule has 1 heterocycles. The molecule has 2 rings (SSSR count). The first-order valence-corrected chi connectivity index (χ1v) is 7.19. The molecule has 0 aliphatic heterocycles. The molecular formula is C16H22N4O. The third-order valence-electron chi connectivity index (χ3n) is 3.36. The van der Waals surface area contributed by atoms with Gasteiger partial charge in [0.05, 0.1) is 6.20 Å². The van der Waals surface area contributed by atoms with Crippen molar-refractivity contribution in [2.45, 2.75) is 26.8 Å². The Morgan fingerprint density at radius 2 is 2.24 bits per heavy atom. The Morgan fingerprint density at radius 1 is 1.43 bits per heavy atom. The van der Waals surface area contributed by atoms with Crippen molar-refractivity contribution in [3.8, 4) is 0 Å². The normalized spacial score (nSPS) is 10.4. The van der Waals surface area contributed by atoms with Crippen molar-refractivity contribution in [1.82, 2.24) is 15.1 Å². The molecule has 0 bridgehead atoms. The average Bonchev–Trinajstić information content (AvgIpc) is 2.97. The molecule has 0 saturated carbocycles. The molecule has 112 valence electrons. The van der Waals surface area contributed by atoms with Gasteiger partial charge < -0.3 is 10.2 Å². The van der Waals surface area contributed by atoms with Gasteiger partial charge in [0.1, 0.15) is 0 Å². The van der Waals surface area contributed by atoms with Gasteiger partial charge in [0.25, 0.3) is 5.91 Å². The smallest absolute Gasteiger partial charge is 0.254 e. The molecule has 0 atom stereocenters. The summed E-state index contributed by atoms with van der Waals surface area (Å²) in [6.07, 6.45) is 4.61. The van der Waals surface area contributed by atoms with E-state index in [9.17, 15) is 4.79 Å². The Kier molecular flexibility index (Phi) is 4.98. The van der Waals surface area contributed by atoms with Crippen LogP contribution in [0.5, 0.6) is 0 Å². The van der Waals surface area contributed by atoms with Crippen LogP contribution in [0.25, 0.3) is 0 Å². The van der Waals surface area contributed by atoms with Crippen LogP contribution >= 0.6 is 0 Å². The zero-order valence-corrected chi connectivity index (χ0v) is 12.8. The van der Waals surface area contributed by atoms with Crippen LogP contribution in [-0.4, -0.2) is 34.6 Å². The van der Waals surface area contributed by atoms with E-state index >= 15 is 0 Å². The predicted octanol–water partition coefficient (Wildman–Crippen LogP) is 2.81. The first-order chi connectivity index (χ1) is 10.1. The fourth-order valence-corrected chi connectivity index (χ4v) is 2.20. The minimum absolute atomic E-state index is 0.0238. The highest BCUT2D eigenvalue weighted by atomic mass is 16.2. The van der Waals surface area contributed by atoms with Gasteiger partial charge in [-0.15, -0.1) is 0 Å². The summed E-state index contributed by atoms with van der Waals surface area (Å²) in [5.74, 6) is 0.0238. The minimum atomic E-state index is 0.0238. The van der Waals surface area contributed by atoms with Gasteiger partial charge in [-0.25, -0.2) is 0 Å². The molecule has 5 nitrogen and oxygen atoms in total. The lowest BCUT2D eigenvalue weighted by Crippen LogP contribution is -2.26. The number of nitrogens with zero attached hydrogens (tertiary/aromatic N) is 2. The summed E-state index contributed by atoms with van der Waals surface area (Å²) < 4.78 is 0. The van der Waals surface area contributed by atoms with Crippen molar-refractivity contribution < 1.29 is 4.79 Å². The standard InChI is InChI=1S/C16H22N4O/c1-4-7-17-14-5-6-15(12(2)8-14)16(21)20(3)11-13-9-18-19-10-13/h5-6,8-10,17H,4,7,11H2,1-3H3,(H,18,19). The third-order valence-corrected chi connectivity index (χ3v) is 3.36. The van der Waals surface area contributed by atoms with Crippen molar-refractivity contribution >= 4 is 11.6 Å². The Balaban J connectivity index is 2.07. The van der Waals surface area contributed by atoms with Crippen LogP contribution in [-0.2, 0) is 6.54 Å². The zero-order valence-electron chi connectivity index (χ0n) is 12.8. The first-order valence-electron chi connectivity index (χ1n) is 7.19. The average molecular weight is 286 g/mol. The molecule has 0 aliphatic carbocycles. The van der Waals surface area contributed by atoms with E-state index in [1.165, 1.54) is 0 Å². The Hall–Kier alpha value is -2.30. The predicted molar refractivity (Wildman–Crippen MR) is 84.3 cm³/mol.